The lowest BCUT2D eigenvalue weighted by atomic mass is 10.3. The molecule has 126 valence electrons. The topological polar surface area (TPSA) is 68.6 Å². The predicted molar refractivity (Wildman–Crippen MR) is 94.3 cm³/mol. The number of aromatic nitrogens is 1. The molecule has 0 saturated carbocycles. The summed E-state index contributed by atoms with van der Waals surface area (Å²) in [5.74, 6) is -1.63. The van der Waals surface area contributed by atoms with Gasteiger partial charge >= 0.3 is 5.97 Å². The van der Waals surface area contributed by atoms with Crippen molar-refractivity contribution in [3.63, 3.8) is 0 Å². The normalized spacial score (nSPS) is 10.3. The molecule has 2 rings (SSSR count). The molecule has 1 aromatic heterocycles. The van der Waals surface area contributed by atoms with Gasteiger partial charge in [0, 0.05) is 19.5 Å². The van der Waals surface area contributed by atoms with E-state index in [1.165, 1.54) is 18.4 Å². The molecule has 6 nitrogen and oxygen atoms in total. The van der Waals surface area contributed by atoms with Crippen molar-refractivity contribution >= 4 is 46.3 Å². The highest BCUT2D eigenvalue weighted by atomic mass is 32.1. The average molecular weight is 364 g/mol. The van der Waals surface area contributed by atoms with Gasteiger partial charge in [0.25, 0.3) is 0 Å². The number of hydrogen-bond acceptors (Lipinski definition) is 6. The molecule has 2 amide bonds. The monoisotopic (exact) mass is 364 g/mol. The number of carbonyl (C=O) groups excluding carboxylic acids is 3. The number of anilines is 1. The van der Waals surface area contributed by atoms with Gasteiger partial charge in [-0.05, 0) is 31.3 Å². The number of amides is 2. The molecule has 0 bridgehead atoms. The minimum atomic E-state index is -0.642. The van der Waals surface area contributed by atoms with Gasteiger partial charge in [-0.25, -0.2) is 9.69 Å². The molecule has 0 fully saturated rings. The number of carbonyl (C=O) groups is 3. The number of esters is 1. The number of rotatable bonds is 4. The summed E-state index contributed by atoms with van der Waals surface area (Å²) in [5.41, 5.74) is 0.726. The van der Waals surface area contributed by atoms with Crippen LogP contribution in [0, 0.1) is 3.95 Å². The van der Waals surface area contributed by atoms with Crippen LogP contribution in [0.2, 0.25) is 0 Å². The van der Waals surface area contributed by atoms with Crippen molar-refractivity contribution in [1.82, 2.24) is 4.57 Å². The summed E-state index contributed by atoms with van der Waals surface area (Å²) < 4.78 is 6.96. The van der Waals surface area contributed by atoms with Crippen LogP contribution in [0.15, 0.2) is 30.3 Å². The Morgan fingerprint density at radius 3 is 2.25 bits per heavy atom. The largest absolute Gasteiger partial charge is 0.461 e. The zero-order valence-corrected chi connectivity index (χ0v) is 15.1. The molecular formula is C16H16N2O4S2. The number of para-hydroxylation sites is 1. The average Bonchev–Trinajstić information content (AvgIpc) is 2.84. The summed E-state index contributed by atoms with van der Waals surface area (Å²) >= 11 is 6.38. The first-order chi connectivity index (χ1) is 11.4. The summed E-state index contributed by atoms with van der Waals surface area (Å²) in [6, 6.07) is 9.00. The second kappa shape index (κ2) is 7.50. The molecule has 8 heteroatoms. The molecule has 0 unspecified atom stereocenters. The molecule has 0 atom stereocenters. The number of ether oxygens (including phenoxy) is 1. The third-order valence-electron chi connectivity index (χ3n) is 3.11. The molecule has 24 heavy (non-hydrogen) atoms. The van der Waals surface area contributed by atoms with Crippen LogP contribution in [0.4, 0.5) is 5.00 Å². The van der Waals surface area contributed by atoms with E-state index in [2.05, 4.69) is 0 Å². The highest BCUT2D eigenvalue weighted by Gasteiger charge is 2.30. The van der Waals surface area contributed by atoms with Crippen molar-refractivity contribution in [2.75, 3.05) is 11.5 Å². The summed E-state index contributed by atoms with van der Waals surface area (Å²) in [6.07, 6.45) is 0. The Morgan fingerprint density at radius 2 is 1.75 bits per heavy atom. The van der Waals surface area contributed by atoms with Gasteiger partial charge in [0.05, 0.1) is 6.61 Å². The van der Waals surface area contributed by atoms with Gasteiger partial charge in [0.1, 0.15) is 5.00 Å². The van der Waals surface area contributed by atoms with Crippen LogP contribution < -0.4 is 4.90 Å². The number of imide groups is 1. The molecular weight excluding hydrogens is 348 g/mol. The van der Waals surface area contributed by atoms with E-state index >= 15 is 0 Å². The molecule has 0 spiro atoms. The lowest BCUT2D eigenvalue weighted by Gasteiger charge is -2.17. The molecule has 0 aliphatic heterocycles. The third-order valence-corrected chi connectivity index (χ3v) is 4.47. The highest BCUT2D eigenvalue weighted by molar-refractivity contribution is 7.73. The molecule has 0 N–H and O–H groups in total. The smallest absolute Gasteiger partial charge is 0.358 e. The molecule has 0 radical (unpaired) electrons. The second-order valence-electron chi connectivity index (χ2n) is 4.79. The first kappa shape index (κ1) is 18.0. The Kier molecular flexibility index (Phi) is 5.63. The Morgan fingerprint density at radius 1 is 1.17 bits per heavy atom. The van der Waals surface area contributed by atoms with E-state index in [0.717, 1.165) is 16.2 Å². The lowest BCUT2D eigenvalue weighted by Crippen LogP contribution is -2.34. The zero-order valence-electron chi connectivity index (χ0n) is 13.4. The van der Waals surface area contributed by atoms with Crippen molar-refractivity contribution in [2.24, 2.45) is 0 Å². The van der Waals surface area contributed by atoms with E-state index in [0.29, 0.717) is 9.64 Å². The van der Waals surface area contributed by atoms with Crippen LogP contribution in [0.25, 0.3) is 5.69 Å². The van der Waals surface area contributed by atoms with E-state index in [1.807, 2.05) is 6.07 Å². The first-order valence-corrected chi connectivity index (χ1v) is 8.40. The molecule has 1 heterocycles. The van der Waals surface area contributed by atoms with Gasteiger partial charge in [-0.3, -0.25) is 14.2 Å². The fourth-order valence-electron chi connectivity index (χ4n) is 2.21. The number of benzene rings is 1. The Bertz CT molecular complexity index is 826. The van der Waals surface area contributed by atoms with Crippen molar-refractivity contribution in [3.8, 4) is 5.69 Å². The Hall–Kier alpha value is -2.32. The fourth-order valence-corrected chi connectivity index (χ4v) is 3.72. The first-order valence-electron chi connectivity index (χ1n) is 7.18. The zero-order chi connectivity index (χ0) is 17.9. The predicted octanol–water partition coefficient (Wildman–Crippen LogP) is 3.34. The van der Waals surface area contributed by atoms with E-state index < -0.39 is 17.8 Å². The van der Waals surface area contributed by atoms with Crippen LogP contribution in [0.3, 0.4) is 0 Å². The van der Waals surface area contributed by atoms with E-state index in [4.69, 9.17) is 17.0 Å². The summed E-state index contributed by atoms with van der Waals surface area (Å²) in [7, 11) is 0. The molecule has 0 saturated heterocycles. The maximum Gasteiger partial charge on any atom is 0.358 e. The van der Waals surface area contributed by atoms with Crippen molar-refractivity contribution in [1.29, 1.82) is 0 Å². The number of nitrogens with zero attached hydrogens (tertiary/aromatic N) is 2. The van der Waals surface area contributed by atoms with Gasteiger partial charge in [-0.1, -0.05) is 29.5 Å². The number of thiazole rings is 1. The highest BCUT2D eigenvalue weighted by Crippen LogP contribution is 2.33. The quantitative estimate of drug-likeness (QED) is 0.615. The SMILES string of the molecule is CCOC(=O)c1c(N(C(C)=O)C(C)=O)sc(=S)n1-c1ccccc1. The van der Waals surface area contributed by atoms with Crippen LogP contribution >= 0.6 is 23.6 Å². The lowest BCUT2D eigenvalue weighted by molar-refractivity contribution is -0.124. The minimum Gasteiger partial charge on any atom is -0.461 e. The van der Waals surface area contributed by atoms with E-state index in [1.54, 1.807) is 31.2 Å². The van der Waals surface area contributed by atoms with Crippen LogP contribution in [-0.2, 0) is 14.3 Å². The van der Waals surface area contributed by atoms with Gasteiger partial charge in [0.15, 0.2) is 9.65 Å². The molecule has 1 aromatic carbocycles. The molecule has 2 aromatic rings. The fraction of sp³-hybridized carbons (Fsp3) is 0.250. The van der Waals surface area contributed by atoms with Crippen LogP contribution in [0.5, 0.6) is 0 Å². The van der Waals surface area contributed by atoms with Crippen LogP contribution in [0.1, 0.15) is 31.3 Å². The van der Waals surface area contributed by atoms with Crippen molar-refractivity contribution < 1.29 is 19.1 Å². The van der Waals surface area contributed by atoms with E-state index in [-0.39, 0.29) is 17.3 Å². The Balaban J connectivity index is 2.78. The van der Waals surface area contributed by atoms with Gasteiger partial charge in [0.2, 0.25) is 11.8 Å². The molecule has 0 aliphatic carbocycles. The van der Waals surface area contributed by atoms with Gasteiger partial charge in [-0.2, -0.15) is 0 Å². The maximum atomic E-state index is 12.5. The standard InChI is InChI=1S/C16H16N2O4S2/c1-4-22-15(21)13-14(17(10(2)19)11(3)20)24-16(23)18(13)12-8-6-5-7-9-12/h5-9H,4H2,1-3H3. The van der Waals surface area contributed by atoms with Gasteiger partial charge < -0.3 is 4.74 Å². The minimum absolute atomic E-state index is 0.0726. The van der Waals surface area contributed by atoms with Crippen LogP contribution in [-0.4, -0.2) is 29.0 Å². The summed E-state index contributed by atoms with van der Waals surface area (Å²) in [6.45, 7) is 4.35. The summed E-state index contributed by atoms with van der Waals surface area (Å²) in [5, 5.41) is 0.169. The van der Waals surface area contributed by atoms with E-state index in [9.17, 15) is 14.4 Å². The Labute approximate surface area is 148 Å². The number of hydrogen-bond donors (Lipinski definition) is 0. The van der Waals surface area contributed by atoms with Gasteiger partial charge in [-0.15, -0.1) is 0 Å². The molecule has 0 aliphatic rings. The third kappa shape index (κ3) is 3.44. The maximum absolute atomic E-state index is 12.5. The second-order valence-corrected chi connectivity index (χ2v) is 6.41. The van der Waals surface area contributed by atoms with Crippen molar-refractivity contribution in [3.05, 3.63) is 40.0 Å². The summed E-state index contributed by atoms with van der Waals surface area (Å²) in [4.78, 5) is 37.2. The van der Waals surface area contributed by atoms with Crippen molar-refractivity contribution in [2.45, 2.75) is 20.8 Å².